The van der Waals surface area contributed by atoms with Crippen molar-refractivity contribution in [1.29, 1.82) is 0 Å². The fourth-order valence-corrected chi connectivity index (χ4v) is 3.93. The molecule has 3 rings (SSSR count). The molecule has 0 aliphatic carbocycles. The molecule has 28 heavy (non-hydrogen) atoms. The first-order valence-corrected chi connectivity index (χ1v) is 9.94. The van der Waals surface area contributed by atoms with E-state index in [0.717, 1.165) is 22.6 Å². The molecule has 2 aromatic rings. The Morgan fingerprint density at radius 3 is 2.50 bits per heavy atom. The van der Waals surface area contributed by atoms with Gasteiger partial charge in [0.25, 0.3) is 5.91 Å². The molecule has 5 nitrogen and oxygen atoms in total. The van der Waals surface area contributed by atoms with Gasteiger partial charge >= 0.3 is 0 Å². The molecule has 1 fully saturated rings. The molecule has 1 N–H and O–H groups in total. The molecule has 7 heteroatoms. The Bertz CT molecular complexity index is 922. The lowest BCUT2D eigenvalue weighted by Gasteiger charge is -2.14. The number of methoxy groups -OCH3 is 1. The van der Waals surface area contributed by atoms with Crippen LogP contribution in [0.4, 0.5) is 5.69 Å². The van der Waals surface area contributed by atoms with Crippen LogP contribution in [0, 0.1) is 6.92 Å². The summed E-state index contributed by atoms with van der Waals surface area (Å²) in [5.41, 5.74) is 2.75. The van der Waals surface area contributed by atoms with Crippen LogP contribution in [-0.4, -0.2) is 34.7 Å². The number of hydrogen-bond donors (Lipinski definition) is 1. The molecule has 0 aromatic heterocycles. The minimum absolute atomic E-state index is 0.156. The van der Waals surface area contributed by atoms with E-state index in [-0.39, 0.29) is 24.8 Å². The molecule has 1 saturated heterocycles. The van der Waals surface area contributed by atoms with Crippen molar-refractivity contribution < 1.29 is 14.3 Å². The summed E-state index contributed by atoms with van der Waals surface area (Å²) in [4.78, 5) is 26.8. The first-order chi connectivity index (χ1) is 13.5. The molecule has 144 valence electrons. The van der Waals surface area contributed by atoms with Crippen LogP contribution in [-0.2, 0) is 9.59 Å². The fraction of sp³-hybridized carbons (Fsp3) is 0.190. The number of carbonyl (C=O) groups is 2. The van der Waals surface area contributed by atoms with Gasteiger partial charge in [-0.2, -0.15) is 0 Å². The monoisotopic (exact) mass is 412 g/mol. The summed E-state index contributed by atoms with van der Waals surface area (Å²) in [6.45, 7) is 2.24. The van der Waals surface area contributed by atoms with Gasteiger partial charge in [0, 0.05) is 18.7 Å². The van der Waals surface area contributed by atoms with Gasteiger partial charge in [-0.15, -0.1) is 0 Å². The number of thiocarbonyl (C=S) groups is 1. The fourth-order valence-electron chi connectivity index (χ4n) is 2.62. The summed E-state index contributed by atoms with van der Waals surface area (Å²) in [6.07, 6.45) is 1.97. The summed E-state index contributed by atoms with van der Waals surface area (Å²) >= 11 is 6.57. The molecular weight excluding hydrogens is 392 g/mol. The third kappa shape index (κ3) is 4.99. The van der Waals surface area contributed by atoms with Crippen LogP contribution in [0.2, 0.25) is 0 Å². The number of nitrogens with zero attached hydrogens (tertiary/aromatic N) is 1. The standard InChI is InChI=1S/C21H20N2O3S2/c1-14-3-7-16(8-4-14)22-19(24)11-12-23-20(25)18(28-21(23)27)13-15-5-9-17(26-2)10-6-15/h3-10,13H,11-12H2,1-2H3,(H,22,24)/b18-13-. The smallest absolute Gasteiger partial charge is 0.266 e. The highest BCUT2D eigenvalue weighted by molar-refractivity contribution is 8.26. The van der Waals surface area contributed by atoms with Crippen LogP contribution < -0.4 is 10.1 Å². The molecule has 2 aromatic carbocycles. The van der Waals surface area contributed by atoms with Gasteiger partial charge in [0.05, 0.1) is 12.0 Å². The Kier molecular flexibility index (Phi) is 6.49. The van der Waals surface area contributed by atoms with Gasteiger partial charge in [0.1, 0.15) is 10.1 Å². The number of nitrogens with one attached hydrogen (secondary N) is 1. The largest absolute Gasteiger partial charge is 0.497 e. The summed E-state index contributed by atoms with van der Waals surface area (Å²) in [5.74, 6) is 0.426. The van der Waals surface area contributed by atoms with Crippen molar-refractivity contribution in [3.8, 4) is 5.75 Å². The number of ether oxygens (including phenoxy) is 1. The number of anilines is 1. The van der Waals surface area contributed by atoms with E-state index >= 15 is 0 Å². The number of amides is 2. The topological polar surface area (TPSA) is 58.6 Å². The van der Waals surface area contributed by atoms with E-state index in [9.17, 15) is 9.59 Å². The highest BCUT2D eigenvalue weighted by Crippen LogP contribution is 2.32. The summed E-state index contributed by atoms with van der Waals surface area (Å²) < 4.78 is 5.60. The minimum atomic E-state index is -0.172. The Labute approximate surface area is 173 Å². The lowest BCUT2D eigenvalue weighted by molar-refractivity contribution is -0.122. The second-order valence-electron chi connectivity index (χ2n) is 6.27. The molecule has 1 aliphatic rings. The second-order valence-corrected chi connectivity index (χ2v) is 7.95. The third-order valence-electron chi connectivity index (χ3n) is 4.18. The predicted octanol–water partition coefficient (Wildman–Crippen LogP) is 4.23. The van der Waals surface area contributed by atoms with E-state index in [0.29, 0.717) is 9.23 Å². The van der Waals surface area contributed by atoms with E-state index < -0.39 is 0 Å². The maximum absolute atomic E-state index is 12.6. The highest BCUT2D eigenvalue weighted by atomic mass is 32.2. The molecule has 0 saturated carbocycles. The van der Waals surface area contributed by atoms with E-state index in [1.54, 1.807) is 13.2 Å². The quantitative estimate of drug-likeness (QED) is 0.568. The van der Waals surface area contributed by atoms with Gasteiger partial charge in [-0.25, -0.2) is 0 Å². The van der Waals surface area contributed by atoms with E-state index in [2.05, 4.69) is 5.32 Å². The van der Waals surface area contributed by atoms with Crippen LogP contribution in [0.1, 0.15) is 17.5 Å². The summed E-state index contributed by atoms with van der Waals surface area (Å²) in [7, 11) is 1.61. The summed E-state index contributed by atoms with van der Waals surface area (Å²) in [6, 6.07) is 15.0. The lowest BCUT2D eigenvalue weighted by Crippen LogP contribution is -2.31. The Hall–Kier alpha value is -2.64. The Morgan fingerprint density at radius 2 is 1.86 bits per heavy atom. The third-order valence-corrected chi connectivity index (χ3v) is 5.56. The van der Waals surface area contributed by atoms with Crippen LogP contribution >= 0.6 is 24.0 Å². The zero-order chi connectivity index (χ0) is 20.1. The molecular formula is C21H20N2O3S2. The van der Waals surface area contributed by atoms with Crippen molar-refractivity contribution in [1.82, 2.24) is 4.90 Å². The van der Waals surface area contributed by atoms with Crippen LogP contribution in [0.5, 0.6) is 5.75 Å². The summed E-state index contributed by atoms with van der Waals surface area (Å²) in [5, 5.41) is 2.83. The number of aryl methyl sites for hydroxylation is 1. The maximum atomic E-state index is 12.6. The molecule has 0 atom stereocenters. The number of carbonyl (C=O) groups excluding carboxylic acids is 2. The molecule has 0 spiro atoms. The minimum Gasteiger partial charge on any atom is -0.497 e. The highest BCUT2D eigenvalue weighted by Gasteiger charge is 2.32. The van der Waals surface area contributed by atoms with Gasteiger partial charge in [0.2, 0.25) is 5.91 Å². The van der Waals surface area contributed by atoms with Gasteiger partial charge in [-0.1, -0.05) is 53.8 Å². The number of hydrogen-bond acceptors (Lipinski definition) is 5. The number of benzene rings is 2. The van der Waals surface area contributed by atoms with Gasteiger partial charge < -0.3 is 10.1 Å². The van der Waals surface area contributed by atoms with Crippen LogP contribution in [0.25, 0.3) is 6.08 Å². The van der Waals surface area contributed by atoms with Crippen LogP contribution in [0.3, 0.4) is 0 Å². The lowest BCUT2D eigenvalue weighted by atomic mass is 10.2. The maximum Gasteiger partial charge on any atom is 0.266 e. The molecule has 0 unspecified atom stereocenters. The van der Waals surface area contributed by atoms with Crippen molar-refractivity contribution in [2.75, 3.05) is 19.0 Å². The average Bonchev–Trinajstić information content (AvgIpc) is 2.95. The van der Waals surface area contributed by atoms with E-state index in [4.69, 9.17) is 17.0 Å². The molecule has 0 bridgehead atoms. The van der Waals surface area contributed by atoms with Crippen molar-refractivity contribution in [3.63, 3.8) is 0 Å². The Morgan fingerprint density at radius 1 is 1.18 bits per heavy atom. The molecule has 2 amide bonds. The number of thioether (sulfide) groups is 1. The predicted molar refractivity (Wildman–Crippen MR) is 117 cm³/mol. The Balaban J connectivity index is 1.59. The molecule has 1 aliphatic heterocycles. The van der Waals surface area contributed by atoms with Crippen LogP contribution in [0.15, 0.2) is 53.4 Å². The normalized spacial score (nSPS) is 15.2. The van der Waals surface area contributed by atoms with E-state index in [1.807, 2.05) is 55.5 Å². The zero-order valence-corrected chi connectivity index (χ0v) is 17.2. The second kappa shape index (κ2) is 9.03. The van der Waals surface area contributed by atoms with Crippen molar-refractivity contribution >= 4 is 51.9 Å². The molecule has 0 radical (unpaired) electrons. The zero-order valence-electron chi connectivity index (χ0n) is 15.6. The van der Waals surface area contributed by atoms with Crippen molar-refractivity contribution in [3.05, 3.63) is 64.6 Å². The van der Waals surface area contributed by atoms with Gasteiger partial charge in [-0.3, -0.25) is 14.5 Å². The first-order valence-electron chi connectivity index (χ1n) is 8.72. The van der Waals surface area contributed by atoms with Gasteiger partial charge in [0.15, 0.2) is 0 Å². The SMILES string of the molecule is COc1ccc(/C=C2\SC(=S)N(CCC(=O)Nc3ccc(C)cc3)C2=O)cc1. The molecule has 1 heterocycles. The first kappa shape index (κ1) is 20.1. The van der Waals surface area contributed by atoms with Crippen molar-refractivity contribution in [2.24, 2.45) is 0 Å². The van der Waals surface area contributed by atoms with Crippen molar-refractivity contribution in [2.45, 2.75) is 13.3 Å². The van der Waals surface area contributed by atoms with Gasteiger partial charge in [-0.05, 0) is 42.8 Å². The average molecular weight is 413 g/mol. The van der Waals surface area contributed by atoms with E-state index in [1.165, 1.54) is 16.7 Å². The number of rotatable bonds is 6.